The maximum atomic E-state index is 4.78. The molecule has 0 saturated carbocycles. The van der Waals surface area contributed by atoms with Crippen molar-refractivity contribution in [2.24, 2.45) is 0 Å². The monoisotopic (exact) mass is 448 g/mol. The fourth-order valence-electron chi connectivity index (χ4n) is 1.40. The van der Waals surface area contributed by atoms with Crippen molar-refractivity contribution >= 4 is 41.1 Å². The van der Waals surface area contributed by atoms with Gasteiger partial charge in [-0.3, -0.25) is 0 Å². The van der Waals surface area contributed by atoms with E-state index in [1.807, 2.05) is 60.7 Å². The summed E-state index contributed by atoms with van der Waals surface area (Å²) in [5.74, 6) is 1.89. The maximum absolute atomic E-state index is 4.78. The Morgan fingerprint density at radius 2 is 1.00 bits per heavy atom. The molecule has 0 amide bonds. The Hall–Kier alpha value is 0.974. The van der Waals surface area contributed by atoms with Crippen LogP contribution in [-0.2, 0) is 47.0 Å². The van der Waals surface area contributed by atoms with Gasteiger partial charge in [-0.1, -0.05) is 12.8 Å². The fourth-order valence-corrected chi connectivity index (χ4v) is 3.70. The molecule has 0 radical (unpaired) electrons. The van der Waals surface area contributed by atoms with Gasteiger partial charge in [-0.25, -0.2) is 12.1 Å². The van der Waals surface area contributed by atoms with Crippen LogP contribution in [0.2, 0.25) is 0 Å². The van der Waals surface area contributed by atoms with Gasteiger partial charge >= 0.3 is 0 Å². The van der Waals surface area contributed by atoms with Crippen molar-refractivity contribution in [3.8, 4) is 0 Å². The molecule has 0 bridgehead atoms. The van der Waals surface area contributed by atoms with E-state index in [-0.39, 0.29) is 21.7 Å². The number of hydrogen-bond acceptors (Lipinski definition) is 2. The number of hydrogen-bond donors (Lipinski definition) is 0. The Labute approximate surface area is 185 Å². The molecule has 0 saturated heterocycles. The molecule has 0 heterocycles. The fraction of sp³-hybridized carbons (Fsp3) is 0.500. The predicted octanol–water partition coefficient (Wildman–Crippen LogP) is 6.14. The Morgan fingerprint density at radius 3 is 1.12 bits per heavy atom. The van der Waals surface area contributed by atoms with Crippen LogP contribution in [0.1, 0.15) is 12.8 Å². The molecule has 2 aromatic rings. The van der Waals surface area contributed by atoms with E-state index in [0.717, 1.165) is 11.5 Å². The van der Waals surface area contributed by atoms with Crippen LogP contribution in [0.3, 0.4) is 0 Å². The standard InChI is InChI=1S/2C5H13PS.2C5H5.Ti/c2*1-6(2)4-3-5-7;2*1-2-4-5-3-1;/h2*7H,3-5H2,1-2H3;2*1-5H;/q;;-5;-1;/p-2. The molecule has 5 heteroatoms. The maximum Gasteiger partial charge on any atom is 0 e. The van der Waals surface area contributed by atoms with Crippen molar-refractivity contribution in [3.05, 3.63) is 60.7 Å². The summed E-state index contributed by atoms with van der Waals surface area (Å²) < 4.78 is 0. The first-order valence-electron chi connectivity index (χ1n) is 8.33. The normalized spacial score (nSPS) is 8.96. The zero-order valence-electron chi connectivity index (χ0n) is 16.2. The average Bonchev–Trinajstić information content (AvgIpc) is 3.29. The van der Waals surface area contributed by atoms with Crippen LogP contribution in [0, 0.1) is 0 Å². The average molecular weight is 448 g/mol. The second kappa shape index (κ2) is 27.2. The molecular weight excluding hydrogens is 414 g/mol. The first-order valence-corrected chi connectivity index (χ1v) is 14.3. The van der Waals surface area contributed by atoms with Crippen LogP contribution in [0.15, 0.2) is 60.7 Å². The van der Waals surface area contributed by atoms with Gasteiger partial charge in [0, 0.05) is 21.7 Å². The van der Waals surface area contributed by atoms with Gasteiger partial charge in [0.2, 0.25) is 0 Å². The SMILES string of the molecule is CP(C)CCC[S-].CP(C)CCC[S-].[Ti].[cH-]1[cH-][cH-][cH-][cH-]1.c1cc[cH-]c1. The van der Waals surface area contributed by atoms with Crippen LogP contribution < -0.4 is 0 Å². The van der Waals surface area contributed by atoms with Crippen LogP contribution >= 0.6 is 15.8 Å². The molecule has 0 aliphatic rings. The predicted molar refractivity (Wildman–Crippen MR) is 125 cm³/mol. The number of rotatable bonds is 6. The summed E-state index contributed by atoms with van der Waals surface area (Å²) >= 11 is 9.56. The van der Waals surface area contributed by atoms with Crippen molar-refractivity contribution in [1.29, 1.82) is 0 Å². The Balaban J connectivity index is -0.000000257. The van der Waals surface area contributed by atoms with Gasteiger partial charge in [0.1, 0.15) is 0 Å². The van der Waals surface area contributed by atoms with E-state index in [2.05, 4.69) is 26.7 Å². The van der Waals surface area contributed by atoms with Gasteiger partial charge in [0.05, 0.1) is 0 Å². The third-order valence-electron chi connectivity index (χ3n) is 2.61. The van der Waals surface area contributed by atoms with Crippen LogP contribution in [0.4, 0.5) is 0 Å². The molecule has 25 heavy (non-hydrogen) atoms. The Kier molecular flexibility index (Phi) is 33.4. The van der Waals surface area contributed by atoms with Gasteiger partial charge in [-0.2, -0.15) is 29.7 Å². The first kappa shape index (κ1) is 30.7. The third kappa shape index (κ3) is 36.6. The zero-order valence-corrected chi connectivity index (χ0v) is 21.2. The van der Waals surface area contributed by atoms with Crippen LogP contribution in [0.25, 0.3) is 0 Å². The molecule has 0 nitrogen and oxygen atoms in total. The largest absolute Gasteiger partial charge is 0.793 e. The molecule has 2 rings (SSSR count). The summed E-state index contributed by atoms with van der Waals surface area (Å²) in [5.41, 5.74) is 0. The zero-order chi connectivity index (χ0) is 18.5. The molecule has 2 aromatic carbocycles. The summed E-state index contributed by atoms with van der Waals surface area (Å²) in [4.78, 5) is 0. The topological polar surface area (TPSA) is 0 Å². The van der Waals surface area contributed by atoms with Crippen LogP contribution in [-0.4, -0.2) is 50.5 Å². The van der Waals surface area contributed by atoms with Crippen molar-refractivity contribution in [3.63, 3.8) is 0 Å². The van der Waals surface area contributed by atoms with E-state index in [4.69, 9.17) is 25.3 Å². The first-order chi connectivity index (χ1) is 11.5. The van der Waals surface area contributed by atoms with E-state index >= 15 is 0 Å². The third-order valence-corrected chi connectivity index (χ3v) is 5.61. The summed E-state index contributed by atoms with van der Waals surface area (Å²) in [6.45, 7) is 9.17. The quantitative estimate of drug-likeness (QED) is 0.225. The minimum absolute atomic E-state index is 0. The van der Waals surface area contributed by atoms with E-state index in [9.17, 15) is 0 Å². The molecule has 0 fully saturated rings. The molecule has 0 aliphatic heterocycles. The van der Waals surface area contributed by atoms with E-state index < -0.39 is 0 Å². The Morgan fingerprint density at radius 1 is 0.680 bits per heavy atom. The summed E-state index contributed by atoms with van der Waals surface area (Å²) in [6.07, 6.45) is 5.21. The van der Waals surface area contributed by atoms with Crippen molar-refractivity contribution < 1.29 is 21.7 Å². The van der Waals surface area contributed by atoms with E-state index in [1.54, 1.807) is 0 Å². The molecule has 0 unspecified atom stereocenters. The Bertz CT molecular complexity index is 304. The van der Waals surface area contributed by atoms with E-state index in [1.165, 1.54) is 25.2 Å². The van der Waals surface area contributed by atoms with Crippen molar-refractivity contribution in [2.45, 2.75) is 12.8 Å². The van der Waals surface area contributed by atoms with E-state index in [0.29, 0.717) is 15.8 Å². The summed E-state index contributed by atoms with van der Waals surface area (Å²) in [7, 11) is 0.654. The van der Waals surface area contributed by atoms with Crippen molar-refractivity contribution in [2.75, 3.05) is 50.5 Å². The van der Waals surface area contributed by atoms with Crippen molar-refractivity contribution in [1.82, 2.24) is 0 Å². The van der Waals surface area contributed by atoms with Gasteiger partial charge in [0.25, 0.3) is 0 Å². The summed E-state index contributed by atoms with van der Waals surface area (Å²) in [5, 5.41) is 0. The van der Waals surface area contributed by atoms with Gasteiger partial charge in [0.15, 0.2) is 0 Å². The van der Waals surface area contributed by atoms with Gasteiger partial charge in [-0.05, 0) is 39.0 Å². The minimum Gasteiger partial charge on any atom is -0.793 e. The minimum atomic E-state index is 0. The second-order valence-electron chi connectivity index (χ2n) is 5.65. The van der Waals surface area contributed by atoms with Gasteiger partial charge in [-0.15, -0.1) is 15.8 Å². The van der Waals surface area contributed by atoms with Crippen LogP contribution in [0.5, 0.6) is 0 Å². The second-order valence-corrected chi connectivity index (χ2v) is 11.7. The molecule has 0 atom stereocenters. The molecule has 148 valence electrons. The molecule has 0 N–H and O–H groups in total. The molecule has 0 spiro atoms. The molecular formula is C20H34P2S2Ti-8. The summed E-state index contributed by atoms with van der Waals surface area (Å²) in [6, 6.07) is 20.0. The smallest absolute Gasteiger partial charge is 0 e. The molecule has 0 aromatic heterocycles. The van der Waals surface area contributed by atoms with Gasteiger partial charge < -0.3 is 55.6 Å². The molecule has 0 aliphatic carbocycles.